The molecule has 0 unspecified atom stereocenters. The van der Waals surface area contributed by atoms with E-state index in [0.717, 1.165) is 64.8 Å². The fourth-order valence-electron chi connectivity index (χ4n) is 5.36. The number of rotatable bonds is 5. The minimum atomic E-state index is -0.628. The van der Waals surface area contributed by atoms with Gasteiger partial charge in [0.2, 0.25) is 5.91 Å². The van der Waals surface area contributed by atoms with Crippen LogP contribution in [0.1, 0.15) is 57.2 Å². The van der Waals surface area contributed by atoms with Gasteiger partial charge in [-0.25, -0.2) is 0 Å². The van der Waals surface area contributed by atoms with Crippen molar-refractivity contribution in [1.29, 1.82) is 10.8 Å². The molecule has 0 bridgehead atoms. The number of carbonyl (C=O) groups excluding carboxylic acids is 1. The summed E-state index contributed by atoms with van der Waals surface area (Å²) in [6.45, 7) is 9.79. The number of amides is 1. The van der Waals surface area contributed by atoms with Gasteiger partial charge in [-0.1, -0.05) is 24.3 Å². The summed E-state index contributed by atoms with van der Waals surface area (Å²) in [4.78, 5) is 17.5. The number of fused-ring (bicyclic) bond motifs is 2. The molecule has 0 spiro atoms. The van der Waals surface area contributed by atoms with Gasteiger partial charge in [0.25, 0.3) is 0 Å². The van der Waals surface area contributed by atoms with Gasteiger partial charge in [-0.05, 0) is 85.5 Å². The second-order valence-corrected chi connectivity index (χ2v) is 10.6. The van der Waals surface area contributed by atoms with Crippen LogP contribution in [0.4, 0.5) is 5.69 Å². The van der Waals surface area contributed by atoms with Crippen molar-refractivity contribution in [2.75, 3.05) is 18.0 Å². The molecule has 2 N–H and O–H groups in total. The van der Waals surface area contributed by atoms with Crippen molar-refractivity contribution in [3.05, 3.63) is 71.3 Å². The number of anilines is 1. The third-order valence-electron chi connectivity index (χ3n) is 7.61. The van der Waals surface area contributed by atoms with Gasteiger partial charge in [0, 0.05) is 37.3 Å². The second-order valence-electron chi connectivity index (χ2n) is 10.6. The number of likely N-dealkylation sites (tertiary alicyclic amines) is 1. The van der Waals surface area contributed by atoms with Crippen LogP contribution in [-0.4, -0.2) is 41.5 Å². The minimum absolute atomic E-state index is 0.0913. The molecular formula is C30H34N4O2. The van der Waals surface area contributed by atoms with Crippen LogP contribution >= 0.6 is 0 Å². The van der Waals surface area contributed by atoms with Crippen molar-refractivity contribution in [3.63, 3.8) is 0 Å². The molecule has 3 aromatic carbocycles. The van der Waals surface area contributed by atoms with Crippen LogP contribution in [0.5, 0.6) is 5.75 Å². The smallest absolute Gasteiger partial charge is 0.237 e. The van der Waals surface area contributed by atoms with Gasteiger partial charge in [0.1, 0.15) is 11.9 Å². The first kappa shape index (κ1) is 24.0. The number of hydrogen-bond acceptors (Lipinski definition) is 4. The summed E-state index contributed by atoms with van der Waals surface area (Å²) in [6, 6.07) is 18.4. The standard InChI is InChI=1S/C30H34N4O2/c1-19(31)23-8-7-22-6-5-21(15-24(22)16-23)18-34-28-10-9-26(17-27(28)30(3,4)29(34)35)36-25-11-13-33(14-12-25)20(2)32/h5-10,15-17,25,31-32H,11-14,18H2,1-4H3. The summed E-state index contributed by atoms with van der Waals surface area (Å²) in [7, 11) is 0. The largest absolute Gasteiger partial charge is 0.490 e. The highest BCUT2D eigenvalue weighted by atomic mass is 16.5. The number of benzene rings is 3. The highest BCUT2D eigenvalue weighted by Gasteiger charge is 2.44. The van der Waals surface area contributed by atoms with Gasteiger partial charge in [-0.3, -0.25) is 10.2 Å². The Morgan fingerprint density at radius 1 is 0.972 bits per heavy atom. The fraction of sp³-hybridized carbons (Fsp3) is 0.367. The van der Waals surface area contributed by atoms with Crippen molar-refractivity contribution in [3.8, 4) is 5.75 Å². The van der Waals surface area contributed by atoms with E-state index in [1.165, 1.54) is 0 Å². The third-order valence-corrected chi connectivity index (χ3v) is 7.61. The lowest BCUT2D eigenvalue weighted by Crippen LogP contribution is -2.40. The molecule has 36 heavy (non-hydrogen) atoms. The third kappa shape index (κ3) is 4.36. The first-order chi connectivity index (χ1) is 17.1. The Bertz CT molecular complexity index is 1370. The van der Waals surface area contributed by atoms with Crippen LogP contribution in [0.15, 0.2) is 54.6 Å². The predicted molar refractivity (Wildman–Crippen MR) is 146 cm³/mol. The summed E-state index contributed by atoms with van der Waals surface area (Å²) in [5, 5.41) is 18.0. The van der Waals surface area contributed by atoms with Crippen molar-refractivity contribution < 1.29 is 9.53 Å². The monoisotopic (exact) mass is 482 g/mol. The van der Waals surface area contributed by atoms with Crippen molar-refractivity contribution in [2.24, 2.45) is 0 Å². The molecule has 3 aromatic rings. The van der Waals surface area contributed by atoms with Crippen LogP contribution in [0.25, 0.3) is 10.8 Å². The van der Waals surface area contributed by atoms with Gasteiger partial charge < -0.3 is 19.9 Å². The molecule has 0 aromatic heterocycles. The number of hydrogen-bond donors (Lipinski definition) is 2. The summed E-state index contributed by atoms with van der Waals surface area (Å²) in [5.41, 5.74) is 3.83. The summed E-state index contributed by atoms with van der Waals surface area (Å²) in [6.07, 6.45) is 1.91. The van der Waals surface area contributed by atoms with E-state index >= 15 is 0 Å². The van der Waals surface area contributed by atoms with E-state index in [1.807, 2.05) is 62.1 Å². The lowest BCUT2D eigenvalue weighted by atomic mass is 9.86. The number of nitrogens with zero attached hydrogens (tertiary/aromatic N) is 2. The van der Waals surface area contributed by atoms with E-state index in [-0.39, 0.29) is 12.0 Å². The lowest BCUT2D eigenvalue weighted by molar-refractivity contribution is -0.122. The molecule has 2 heterocycles. The molecule has 6 heteroatoms. The number of amidine groups is 1. The molecule has 1 saturated heterocycles. The average Bonchev–Trinajstić information content (AvgIpc) is 3.04. The van der Waals surface area contributed by atoms with Crippen LogP contribution in [0.2, 0.25) is 0 Å². The number of piperidine rings is 1. The van der Waals surface area contributed by atoms with E-state index in [1.54, 1.807) is 6.92 Å². The first-order valence-electron chi connectivity index (χ1n) is 12.6. The summed E-state index contributed by atoms with van der Waals surface area (Å²) < 4.78 is 6.33. The first-order valence-corrected chi connectivity index (χ1v) is 12.6. The molecule has 5 rings (SSSR count). The highest BCUT2D eigenvalue weighted by molar-refractivity contribution is 6.07. The predicted octanol–water partition coefficient (Wildman–Crippen LogP) is 5.89. The normalized spacial score (nSPS) is 17.4. The Balaban J connectivity index is 1.38. The molecule has 1 amide bonds. The number of ether oxygens (including phenoxy) is 1. The molecule has 2 aliphatic heterocycles. The van der Waals surface area contributed by atoms with E-state index < -0.39 is 5.41 Å². The quantitative estimate of drug-likeness (QED) is 0.351. The molecule has 186 valence electrons. The Kier molecular flexibility index (Phi) is 6.07. The second kappa shape index (κ2) is 9.08. The fourth-order valence-corrected chi connectivity index (χ4v) is 5.36. The number of nitrogens with one attached hydrogen (secondary N) is 2. The summed E-state index contributed by atoms with van der Waals surface area (Å²) >= 11 is 0. The molecule has 6 nitrogen and oxygen atoms in total. The summed E-state index contributed by atoms with van der Waals surface area (Å²) in [5.74, 6) is 1.51. The zero-order valence-corrected chi connectivity index (χ0v) is 21.5. The van der Waals surface area contributed by atoms with Gasteiger partial charge in [-0.15, -0.1) is 0 Å². The van der Waals surface area contributed by atoms with Crippen molar-refractivity contribution in [2.45, 2.75) is 58.6 Å². The molecule has 0 radical (unpaired) electrons. The SMILES string of the molecule is CC(=N)c1ccc2ccc(CN3C(=O)C(C)(C)c4cc(OC5CCN(C(C)=N)CC5)ccc43)cc2c1. The van der Waals surface area contributed by atoms with Gasteiger partial charge in [-0.2, -0.15) is 0 Å². The van der Waals surface area contributed by atoms with Crippen LogP contribution in [0, 0.1) is 10.8 Å². The molecular weight excluding hydrogens is 448 g/mol. The topological polar surface area (TPSA) is 80.5 Å². The van der Waals surface area contributed by atoms with E-state index in [0.29, 0.717) is 18.1 Å². The van der Waals surface area contributed by atoms with Gasteiger partial charge in [0.15, 0.2) is 0 Å². The van der Waals surface area contributed by atoms with E-state index in [2.05, 4.69) is 23.1 Å². The average molecular weight is 483 g/mol. The van der Waals surface area contributed by atoms with Crippen LogP contribution in [-0.2, 0) is 16.8 Å². The van der Waals surface area contributed by atoms with Gasteiger partial charge in [0.05, 0.1) is 17.8 Å². The van der Waals surface area contributed by atoms with E-state index in [9.17, 15) is 4.79 Å². The maximum atomic E-state index is 13.5. The van der Waals surface area contributed by atoms with Crippen LogP contribution < -0.4 is 9.64 Å². The zero-order chi connectivity index (χ0) is 25.6. The Morgan fingerprint density at radius 2 is 1.69 bits per heavy atom. The molecule has 0 saturated carbocycles. The minimum Gasteiger partial charge on any atom is -0.490 e. The lowest BCUT2D eigenvalue weighted by Gasteiger charge is -2.33. The molecule has 2 aliphatic rings. The zero-order valence-electron chi connectivity index (χ0n) is 21.5. The Morgan fingerprint density at radius 3 is 2.39 bits per heavy atom. The molecule has 1 fully saturated rings. The molecule has 0 atom stereocenters. The number of carbonyl (C=O) groups is 1. The maximum absolute atomic E-state index is 13.5. The van der Waals surface area contributed by atoms with Crippen molar-refractivity contribution in [1.82, 2.24) is 4.90 Å². The Labute approximate surface area is 212 Å². The highest BCUT2D eigenvalue weighted by Crippen LogP contribution is 2.44. The van der Waals surface area contributed by atoms with E-state index in [4.69, 9.17) is 15.6 Å². The Hall–Kier alpha value is -3.67. The van der Waals surface area contributed by atoms with Gasteiger partial charge >= 0.3 is 0 Å². The van der Waals surface area contributed by atoms with Crippen LogP contribution in [0.3, 0.4) is 0 Å². The van der Waals surface area contributed by atoms with Crippen molar-refractivity contribution >= 4 is 33.9 Å². The maximum Gasteiger partial charge on any atom is 0.237 e. The molecule has 0 aliphatic carbocycles.